The summed E-state index contributed by atoms with van der Waals surface area (Å²) in [7, 11) is 1.73. The standard InChI is InChI=1S/C17H22N6O2/c1-10-5-4-6-12(7-10)9-23-15(24)13-14(21(3)17(23)25)18-16-20-19-11(2)8-22(13)16/h4-7,13-14,16,18,20H,8-9H2,1-3H3. The molecule has 132 valence electrons. The van der Waals surface area contributed by atoms with Gasteiger partial charge in [0.2, 0.25) is 0 Å². The summed E-state index contributed by atoms with van der Waals surface area (Å²) in [4.78, 5) is 30.9. The van der Waals surface area contributed by atoms with E-state index >= 15 is 0 Å². The van der Waals surface area contributed by atoms with Crippen molar-refractivity contribution in [2.24, 2.45) is 5.10 Å². The van der Waals surface area contributed by atoms with Gasteiger partial charge in [-0.2, -0.15) is 5.10 Å². The topological polar surface area (TPSA) is 80.3 Å². The maximum absolute atomic E-state index is 13.1. The molecule has 25 heavy (non-hydrogen) atoms. The van der Waals surface area contributed by atoms with Gasteiger partial charge in [-0.25, -0.2) is 9.69 Å². The van der Waals surface area contributed by atoms with Crippen molar-refractivity contribution < 1.29 is 9.59 Å². The maximum atomic E-state index is 13.1. The summed E-state index contributed by atoms with van der Waals surface area (Å²) >= 11 is 0. The molecule has 3 unspecified atom stereocenters. The summed E-state index contributed by atoms with van der Waals surface area (Å²) in [6.45, 7) is 4.80. The van der Waals surface area contributed by atoms with Crippen LogP contribution in [0.4, 0.5) is 4.79 Å². The quantitative estimate of drug-likeness (QED) is 0.805. The highest BCUT2D eigenvalue weighted by Gasteiger charge is 2.54. The normalized spacial score (nSPS) is 29.2. The zero-order valence-electron chi connectivity index (χ0n) is 14.6. The molecule has 2 saturated heterocycles. The summed E-state index contributed by atoms with van der Waals surface area (Å²) in [5.74, 6) is -0.166. The number of likely N-dealkylation sites (N-methyl/N-ethyl adjacent to an activating group) is 1. The van der Waals surface area contributed by atoms with Crippen LogP contribution in [0.25, 0.3) is 0 Å². The first-order valence-electron chi connectivity index (χ1n) is 8.40. The van der Waals surface area contributed by atoms with E-state index in [-0.39, 0.29) is 30.9 Å². The second kappa shape index (κ2) is 5.82. The Morgan fingerprint density at radius 2 is 2.08 bits per heavy atom. The van der Waals surface area contributed by atoms with Crippen molar-refractivity contribution in [1.82, 2.24) is 25.4 Å². The number of imide groups is 1. The third kappa shape index (κ3) is 2.58. The summed E-state index contributed by atoms with van der Waals surface area (Å²) in [5, 5.41) is 7.51. The van der Waals surface area contributed by atoms with Crippen LogP contribution in [0.15, 0.2) is 29.4 Å². The summed E-state index contributed by atoms with van der Waals surface area (Å²) in [5.41, 5.74) is 5.98. The Morgan fingerprint density at radius 3 is 2.84 bits per heavy atom. The highest BCUT2D eigenvalue weighted by Crippen LogP contribution is 2.28. The monoisotopic (exact) mass is 342 g/mol. The molecule has 2 fully saturated rings. The molecular weight excluding hydrogens is 320 g/mol. The number of nitrogens with one attached hydrogen (secondary N) is 2. The van der Waals surface area contributed by atoms with Crippen LogP contribution in [0.3, 0.4) is 0 Å². The van der Waals surface area contributed by atoms with Gasteiger partial charge in [-0.15, -0.1) is 0 Å². The molecule has 3 aliphatic rings. The second-order valence-electron chi connectivity index (χ2n) is 6.91. The fourth-order valence-corrected chi connectivity index (χ4v) is 3.77. The van der Waals surface area contributed by atoms with Crippen LogP contribution in [0.2, 0.25) is 0 Å². The molecule has 0 saturated carbocycles. The summed E-state index contributed by atoms with van der Waals surface area (Å²) in [6, 6.07) is 7.18. The van der Waals surface area contributed by atoms with Crippen molar-refractivity contribution in [3.63, 3.8) is 0 Å². The van der Waals surface area contributed by atoms with Crippen LogP contribution in [-0.2, 0) is 11.3 Å². The van der Waals surface area contributed by atoms with Crippen molar-refractivity contribution in [2.45, 2.75) is 38.9 Å². The van der Waals surface area contributed by atoms with E-state index in [1.54, 1.807) is 11.9 Å². The Kier molecular flexibility index (Phi) is 3.73. The largest absolute Gasteiger partial charge is 0.328 e. The van der Waals surface area contributed by atoms with Gasteiger partial charge in [-0.1, -0.05) is 29.8 Å². The van der Waals surface area contributed by atoms with Crippen molar-refractivity contribution in [3.05, 3.63) is 35.4 Å². The molecule has 8 heteroatoms. The average Bonchev–Trinajstić information content (AvgIpc) is 2.96. The number of carbonyl (C=O) groups excluding carboxylic acids is 2. The first kappa shape index (κ1) is 16.0. The molecule has 0 radical (unpaired) electrons. The molecule has 0 bridgehead atoms. The molecule has 3 aliphatic heterocycles. The van der Waals surface area contributed by atoms with E-state index in [9.17, 15) is 9.59 Å². The number of hydrazone groups is 1. The Morgan fingerprint density at radius 1 is 1.28 bits per heavy atom. The van der Waals surface area contributed by atoms with E-state index in [2.05, 4.69) is 15.8 Å². The maximum Gasteiger partial charge on any atom is 0.328 e. The lowest BCUT2D eigenvalue weighted by molar-refractivity contribution is -0.138. The van der Waals surface area contributed by atoms with E-state index in [1.165, 1.54) is 4.90 Å². The molecule has 3 atom stereocenters. The number of carbonyl (C=O) groups is 2. The number of benzene rings is 1. The molecule has 1 aromatic carbocycles. The van der Waals surface area contributed by atoms with Gasteiger partial charge in [0.05, 0.1) is 6.54 Å². The molecule has 0 spiro atoms. The van der Waals surface area contributed by atoms with E-state index in [4.69, 9.17) is 0 Å². The number of rotatable bonds is 2. The van der Waals surface area contributed by atoms with Gasteiger partial charge < -0.3 is 4.90 Å². The van der Waals surface area contributed by atoms with E-state index in [0.29, 0.717) is 6.54 Å². The molecular formula is C17H22N6O2. The number of hydrogen-bond acceptors (Lipinski definition) is 6. The second-order valence-corrected chi connectivity index (χ2v) is 6.91. The molecule has 8 nitrogen and oxygen atoms in total. The molecule has 4 rings (SSSR count). The number of fused-ring (bicyclic) bond motifs is 3. The lowest BCUT2D eigenvalue weighted by Crippen LogP contribution is -2.66. The van der Waals surface area contributed by atoms with Gasteiger partial charge in [0.25, 0.3) is 5.91 Å². The lowest BCUT2D eigenvalue weighted by atomic mass is 10.1. The highest BCUT2D eigenvalue weighted by molar-refractivity contribution is 6.01. The van der Waals surface area contributed by atoms with Crippen molar-refractivity contribution in [3.8, 4) is 0 Å². The molecule has 3 amide bonds. The molecule has 1 aromatic rings. The van der Waals surface area contributed by atoms with Crippen molar-refractivity contribution in [2.75, 3.05) is 13.6 Å². The third-order valence-electron chi connectivity index (χ3n) is 5.00. The Hall–Kier alpha value is -2.45. The predicted octanol–water partition coefficient (Wildman–Crippen LogP) is 0.252. The van der Waals surface area contributed by atoms with Gasteiger partial charge in [0.1, 0.15) is 12.2 Å². The zero-order valence-corrected chi connectivity index (χ0v) is 14.6. The summed E-state index contributed by atoms with van der Waals surface area (Å²) < 4.78 is 0. The van der Waals surface area contributed by atoms with Crippen molar-refractivity contribution >= 4 is 17.6 Å². The molecule has 0 aliphatic carbocycles. The van der Waals surface area contributed by atoms with Crippen LogP contribution >= 0.6 is 0 Å². The average molecular weight is 342 g/mol. The zero-order chi connectivity index (χ0) is 17.7. The van der Waals surface area contributed by atoms with Gasteiger partial charge >= 0.3 is 6.03 Å². The van der Waals surface area contributed by atoms with E-state index in [1.807, 2.05) is 43.0 Å². The van der Waals surface area contributed by atoms with Crippen LogP contribution in [0.1, 0.15) is 18.1 Å². The fraction of sp³-hybridized carbons (Fsp3) is 0.471. The van der Waals surface area contributed by atoms with Crippen molar-refractivity contribution in [1.29, 1.82) is 0 Å². The Labute approximate surface area is 146 Å². The molecule has 0 aromatic heterocycles. The minimum absolute atomic E-state index is 0.166. The van der Waals surface area contributed by atoms with Gasteiger partial charge in [0.15, 0.2) is 6.29 Å². The van der Waals surface area contributed by atoms with Crippen LogP contribution < -0.4 is 10.7 Å². The number of nitrogens with zero attached hydrogens (tertiary/aromatic N) is 4. The minimum atomic E-state index is -0.421. The fourth-order valence-electron chi connectivity index (χ4n) is 3.77. The van der Waals surface area contributed by atoms with Crippen LogP contribution in [0, 0.1) is 6.92 Å². The van der Waals surface area contributed by atoms with Crippen LogP contribution in [-0.4, -0.2) is 64.4 Å². The number of hydrogen-bond donors (Lipinski definition) is 2. The highest BCUT2D eigenvalue weighted by atomic mass is 16.2. The molecule has 3 heterocycles. The number of aryl methyl sites for hydroxylation is 1. The van der Waals surface area contributed by atoms with Gasteiger partial charge in [0, 0.05) is 19.3 Å². The number of urea groups is 1. The Bertz CT molecular complexity index is 763. The first-order chi connectivity index (χ1) is 12.0. The predicted molar refractivity (Wildman–Crippen MR) is 92.3 cm³/mol. The van der Waals surface area contributed by atoms with Crippen LogP contribution in [0.5, 0.6) is 0 Å². The van der Waals surface area contributed by atoms with Gasteiger partial charge in [-0.05, 0) is 19.4 Å². The van der Waals surface area contributed by atoms with Gasteiger partial charge in [-0.3, -0.25) is 20.4 Å². The number of amides is 3. The summed E-state index contributed by atoms with van der Waals surface area (Å²) in [6.07, 6.45) is -0.593. The van der Waals surface area contributed by atoms with E-state index < -0.39 is 6.04 Å². The lowest BCUT2D eigenvalue weighted by Gasteiger charge is -2.41. The first-order valence-corrected chi connectivity index (χ1v) is 8.40. The van der Waals surface area contributed by atoms with E-state index in [0.717, 1.165) is 16.8 Å². The third-order valence-corrected chi connectivity index (χ3v) is 5.00. The Balaban J connectivity index is 1.63. The molecule has 2 N–H and O–H groups in total. The minimum Gasteiger partial charge on any atom is -0.310 e. The smallest absolute Gasteiger partial charge is 0.310 e. The SMILES string of the molecule is CC1=NNC2NC3C(C(=O)N(Cc4cccc(C)c4)C(=O)N3C)N2C1.